The number of nitrogens with zero attached hydrogens (tertiary/aromatic N) is 2. The van der Waals surface area contributed by atoms with Gasteiger partial charge in [-0.2, -0.15) is 0 Å². The number of aromatic nitrogens is 2. The molecule has 0 radical (unpaired) electrons. The molecule has 0 atom stereocenters. The molecule has 1 amide bonds. The van der Waals surface area contributed by atoms with Crippen molar-refractivity contribution < 1.29 is 9.18 Å². The monoisotopic (exact) mass is 336 g/mol. The van der Waals surface area contributed by atoms with Gasteiger partial charge < -0.3 is 10.6 Å². The van der Waals surface area contributed by atoms with E-state index in [0.29, 0.717) is 12.4 Å². The van der Waals surface area contributed by atoms with Crippen LogP contribution in [0.4, 0.5) is 15.9 Å². The Balaban J connectivity index is 1.51. The molecule has 0 saturated heterocycles. The number of carbonyl (C=O) groups excluding carboxylic acids is 1. The van der Waals surface area contributed by atoms with Crippen molar-refractivity contribution in [3.8, 4) is 0 Å². The van der Waals surface area contributed by atoms with E-state index in [2.05, 4.69) is 20.6 Å². The third kappa shape index (κ3) is 5.10. The molecule has 25 heavy (non-hydrogen) atoms. The summed E-state index contributed by atoms with van der Waals surface area (Å²) >= 11 is 0. The van der Waals surface area contributed by atoms with E-state index in [1.807, 2.05) is 18.2 Å². The molecule has 5 nitrogen and oxygen atoms in total. The summed E-state index contributed by atoms with van der Waals surface area (Å²) in [5.74, 6) is -0.0468. The predicted molar refractivity (Wildman–Crippen MR) is 94.5 cm³/mol. The summed E-state index contributed by atoms with van der Waals surface area (Å²) in [5, 5.41) is 5.96. The molecule has 3 rings (SSSR count). The lowest BCUT2D eigenvalue weighted by atomic mass is 10.1. The smallest absolute Gasteiger partial charge is 0.229 e. The molecule has 0 saturated carbocycles. The molecule has 2 aromatic heterocycles. The largest absolute Gasteiger partial charge is 0.380 e. The molecule has 3 aromatic rings. The van der Waals surface area contributed by atoms with E-state index in [-0.39, 0.29) is 18.1 Å². The van der Waals surface area contributed by atoms with Gasteiger partial charge in [0, 0.05) is 18.9 Å². The predicted octanol–water partition coefficient (Wildman–Crippen LogP) is 3.41. The van der Waals surface area contributed by atoms with Crippen molar-refractivity contribution >= 4 is 17.4 Å². The highest BCUT2D eigenvalue weighted by molar-refractivity contribution is 5.91. The second kappa shape index (κ2) is 8.01. The van der Waals surface area contributed by atoms with Crippen LogP contribution < -0.4 is 10.6 Å². The average Bonchev–Trinajstić information content (AvgIpc) is 2.64. The fourth-order valence-electron chi connectivity index (χ4n) is 2.25. The first-order valence-corrected chi connectivity index (χ1v) is 7.82. The number of amides is 1. The number of hydrogen-bond donors (Lipinski definition) is 2. The van der Waals surface area contributed by atoms with Gasteiger partial charge in [-0.25, -0.2) is 9.37 Å². The number of anilines is 2. The fraction of sp³-hybridized carbons (Fsp3) is 0.105. The zero-order valence-electron chi connectivity index (χ0n) is 13.4. The number of carbonyl (C=O) groups is 1. The first kappa shape index (κ1) is 16.6. The minimum Gasteiger partial charge on any atom is -0.380 e. The maximum absolute atomic E-state index is 12.9. The molecule has 126 valence electrons. The number of pyridine rings is 2. The topological polar surface area (TPSA) is 66.9 Å². The first-order valence-electron chi connectivity index (χ1n) is 7.82. The van der Waals surface area contributed by atoms with E-state index >= 15 is 0 Å². The maximum atomic E-state index is 12.9. The van der Waals surface area contributed by atoms with Crippen molar-refractivity contribution in [2.75, 3.05) is 10.6 Å². The molecule has 2 heterocycles. The van der Waals surface area contributed by atoms with Crippen LogP contribution in [0.3, 0.4) is 0 Å². The van der Waals surface area contributed by atoms with Crippen LogP contribution in [-0.4, -0.2) is 15.9 Å². The van der Waals surface area contributed by atoms with Crippen LogP contribution in [-0.2, 0) is 17.8 Å². The van der Waals surface area contributed by atoms with Gasteiger partial charge in [0.15, 0.2) is 0 Å². The Labute approximate surface area is 145 Å². The SMILES string of the molecule is O=C(Cc1ccc(F)cc1)Nc1ccc(NCc2cccnc2)cn1. The van der Waals surface area contributed by atoms with Gasteiger partial charge in [0.25, 0.3) is 0 Å². The van der Waals surface area contributed by atoms with Crippen LogP contribution in [0.2, 0.25) is 0 Å². The summed E-state index contributed by atoms with van der Waals surface area (Å²) < 4.78 is 12.9. The number of hydrogen-bond acceptors (Lipinski definition) is 4. The minimum absolute atomic E-state index is 0.170. The van der Waals surface area contributed by atoms with Gasteiger partial charge in [0.05, 0.1) is 18.3 Å². The van der Waals surface area contributed by atoms with Gasteiger partial charge >= 0.3 is 0 Å². The molecular weight excluding hydrogens is 319 g/mol. The Hall–Kier alpha value is -3.28. The van der Waals surface area contributed by atoms with Gasteiger partial charge in [-0.05, 0) is 41.5 Å². The Morgan fingerprint density at radius 2 is 1.84 bits per heavy atom. The summed E-state index contributed by atoms with van der Waals surface area (Å²) in [6.07, 6.45) is 5.35. The van der Waals surface area contributed by atoms with E-state index in [1.54, 1.807) is 36.8 Å². The lowest BCUT2D eigenvalue weighted by Crippen LogP contribution is -2.15. The second-order valence-electron chi connectivity index (χ2n) is 5.50. The van der Waals surface area contributed by atoms with Crippen molar-refractivity contribution in [3.63, 3.8) is 0 Å². The average molecular weight is 336 g/mol. The number of halogens is 1. The number of nitrogens with one attached hydrogen (secondary N) is 2. The molecule has 0 bridgehead atoms. The Kier molecular flexibility index (Phi) is 5.31. The molecular formula is C19H17FN4O. The first-order chi connectivity index (χ1) is 12.2. The molecule has 0 fully saturated rings. The minimum atomic E-state index is -0.319. The Morgan fingerprint density at radius 1 is 1.00 bits per heavy atom. The number of benzene rings is 1. The lowest BCUT2D eigenvalue weighted by Gasteiger charge is -2.08. The highest BCUT2D eigenvalue weighted by atomic mass is 19.1. The van der Waals surface area contributed by atoms with E-state index in [0.717, 1.165) is 16.8 Å². The normalized spacial score (nSPS) is 10.3. The third-order valence-corrected chi connectivity index (χ3v) is 3.53. The van der Waals surface area contributed by atoms with Crippen molar-refractivity contribution in [2.24, 2.45) is 0 Å². The molecule has 6 heteroatoms. The molecule has 0 spiro atoms. The summed E-state index contributed by atoms with van der Waals surface area (Å²) in [6.45, 7) is 0.645. The molecule has 0 aliphatic rings. The van der Waals surface area contributed by atoms with Gasteiger partial charge in [0.2, 0.25) is 5.91 Å². The van der Waals surface area contributed by atoms with E-state index < -0.39 is 0 Å². The van der Waals surface area contributed by atoms with Crippen LogP contribution in [0, 0.1) is 5.82 Å². The second-order valence-corrected chi connectivity index (χ2v) is 5.50. The fourth-order valence-corrected chi connectivity index (χ4v) is 2.25. The van der Waals surface area contributed by atoms with Crippen LogP contribution in [0.25, 0.3) is 0 Å². The van der Waals surface area contributed by atoms with E-state index in [1.165, 1.54) is 12.1 Å². The summed E-state index contributed by atoms with van der Waals surface area (Å²) in [5.41, 5.74) is 2.66. The number of rotatable bonds is 6. The zero-order valence-corrected chi connectivity index (χ0v) is 13.4. The molecule has 1 aromatic carbocycles. The highest BCUT2D eigenvalue weighted by Gasteiger charge is 2.05. The molecule has 2 N–H and O–H groups in total. The van der Waals surface area contributed by atoms with Gasteiger partial charge in [-0.3, -0.25) is 9.78 Å². The zero-order chi connectivity index (χ0) is 17.5. The molecule has 0 aliphatic carbocycles. The van der Waals surface area contributed by atoms with E-state index in [4.69, 9.17) is 0 Å². The molecule has 0 unspecified atom stereocenters. The summed E-state index contributed by atoms with van der Waals surface area (Å²) in [7, 11) is 0. The van der Waals surface area contributed by atoms with Crippen molar-refractivity contribution in [1.82, 2.24) is 9.97 Å². The van der Waals surface area contributed by atoms with Crippen LogP contribution >= 0.6 is 0 Å². The lowest BCUT2D eigenvalue weighted by molar-refractivity contribution is -0.115. The molecule has 0 aliphatic heterocycles. The Morgan fingerprint density at radius 3 is 2.52 bits per heavy atom. The van der Waals surface area contributed by atoms with Crippen molar-refractivity contribution in [1.29, 1.82) is 0 Å². The van der Waals surface area contributed by atoms with Gasteiger partial charge in [0.1, 0.15) is 11.6 Å². The maximum Gasteiger partial charge on any atom is 0.229 e. The van der Waals surface area contributed by atoms with Crippen molar-refractivity contribution in [3.05, 3.63) is 84.1 Å². The third-order valence-electron chi connectivity index (χ3n) is 3.53. The highest BCUT2D eigenvalue weighted by Crippen LogP contribution is 2.12. The van der Waals surface area contributed by atoms with Crippen LogP contribution in [0.1, 0.15) is 11.1 Å². The van der Waals surface area contributed by atoms with Gasteiger partial charge in [-0.1, -0.05) is 18.2 Å². The standard InChI is InChI=1S/C19H17FN4O/c20-16-5-3-14(4-6-16)10-19(25)24-18-8-7-17(13-23-18)22-12-15-2-1-9-21-11-15/h1-9,11,13,22H,10,12H2,(H,23,24,25). The Bertz CT molecular complexity index is 820. The van der Waals surface area contributed by atoms with Crippen molar-refractivity contribution in [2.45, 2.75) is 13.0 Å². The van der Waals surface area contributed by atoms with Gasteiger partial charge in [-0.15, -0.1) is 0 Å². The van der Waals surface area contributed by atoms with Crippen LogP contribution in [0.15, 0.2) is 67.1 Å². The summed E-state index contributed by atoms with van der Waals surface area (Å²) in [4.78, 5) is 20.3. The quantitative estimate of drug-likeness (QED) is 0.724. The van der Waals surface area contributed by atoms with E-state index in [9.17, 15) is 9.18 Å². The summed E-state index contributed by atoms with van der Waals surface area (Å²) in [6, 6.07) is 13.3. The van der Waals surface area contributed by atoms with Crippen LogP contribution in [0.5, 0.6) is 0 Å².